The van der Waals surface area contributed by atoms with Gasteiger partial charge in [0, 0.05) is 6.07 Å². The molecule has 0 aliphatic carbocycles. The van der Waals surface area contributed by atoms with Crippen LogP contribution < -0.4 is 9.64 Å². The van der Waals surface area contributed by atoms with Crippen LogP contribution in [0.15, 0.2) is 18.2 Å². The van der Waals surface area contributed by atoms with Crippen LogP contribution in [0.2, 0.25) is 0 Å². The van der Waals surface area contributed by atoms with Crippen LogP contribution in [-0.2, 0) is 9.59 Å². The largest absolute Gasteiger partial charge is 0.508 e. The van der Waals surface area contributed by atoms with Crippen molar-refractivity contribution in [1.82, 2.24) is 0 Å². The Hall–Kier alpha value is -2.04. The van der Waals surface area contributed by atoms with Crippen LogP contribution in [0.5, 0.6) is 11.5 Å². The summed E-state index contributed by atoms with van der Waals surface area (Å²) in [5.41, 5.74) is -0.506. The fourth-order valence-electron chi connectivity index (χ4n) is 2.63. The highest BCUT2D eigenvalue weighted by molar-refractivity contribution is 6.07. The molecule has 1 aromatic carbocycles. The van der Waals surface area contributed by atoms with E-state index in [2.05, 4.69) is 0 Å². The van der Waals surface area contributed by atoms with E-state index in [0.717, 1.165) is 0 Å². The van der Waals surface area contributed by atoms with Crippen molar-refractivity contribution < 1.29 is 19.4 Å². The Labute approximate surface area is 124 Å². The molecule has 21 heavy (non-hydrogen) atoms. The van der Waals surface area contributed by atoms with E-state index in [1.165, 1.54) is 24.0 Å². The average molecular weight is 291 g/mol. The molecule has 5 heteroatoms. The maximum absolute atomic E-state index is 12.9. The quantitative estimate of drug-likeness (QED) is 0.926. The number of ether oxygens (including phenoxy) is 1. The molecule has 0 aromatic heterocycles. The van der Waals surface area contributed by atoms with E-state index < -0.39 is 11.6 Å². The highest BCUT2D eigenvalue weighted by atomic mass is 16.5. The first-order valence-corrected chi connectivity index (χ1v) is 7.22. The van der Waals surface area contributed by atoms with Crippen LogP contribution in [0.4, 0.5) is 5.69 Å². The lowest BCUT2D eigenvalue weighted by atomic mass is 9.91. The summed E-state index contributed by atoms with van der Waals surface area (Å²) in [6, 6.07) is 4.01. The summed E-state index contributed by atoms with van der Waals surface area (Å²) in [7, 11) is 0. The van der Waals surface area contributed by atoms with Gasteiger partial charge in [0.2, 0.25) is 0 Å². The van der Waals surface area contributed by atoms with Crippen molar-refractivity contribution in [2.24, 2.45) is 0 Å². The topological polar surface area (TPSA) is 66.8 Å². The number of benzene rings is 1. The molecule has 114 valence electrons. The number of fused-ring (bicyclic) bond motifs is 1. The number of hydrogen-bond donors (Lipinski definition) is 1. The third kappa shape index (κ3) is 2.37. The number of hydrogen-bond acceptors (Lipinski definition) is 4. The highest BCUT2D eigenvalue weighted by Gasteiger charge is 2.47. The molecule has 1 N–H and O–H groups in total. The van der Waals surface area contributed by atoms with Gasteiger partial charge in [0.15, 0.2) is 11.4 Å². The number of Topliss-reactive ketones (excluding diaryl/α,β-unsaturated/α-hetero) is 1. The molecule has 0 fully saturated rings. The second-order valence-corrected chi connectivity index (χ2v) is 5.42. The molecule has 1 aromatic rings. The first-order chi connectivity index (χ1) is 9.86. The summed E-state index contributed by atoms with van der Waals surface area (Å²) < 4.78 is 5.93. The summed E-state index contributed by atoms with van der Waals surface area (Å²) in [6.07, 6.45) is 1.04. The van der Waals surface area contributed by atoms with E-state index in [9.17, 15) is 14.7 Å². The maximum atomic E-state index is 12.9. The summed E-state index contributed by atoms with van der Waals surface area (Å²) in [6.45, 7) is 6.93. The molecule has 2 rings (SSSR count). The number of aromatic hydroxyl groups is 1. The van der Waals surface area contributed by atoms with Crippen LogP contribution in [0.25, 0.3) is 0 Å². The number of anilines is 1. The van der Waals surface area contributed by atoms with Gasteiger partial charge in [-0.2, -0.15) is 0 Å². The Balaban J connectivity index is 2.63. The highest BCUT2D eigenvalue weighted by Crippen LogP contribution is 2.43. The van der Waals surface area contributed by atoms with Crippen molar-refractivity contribution >= 4 is 17.4 Å². The van der Waals surface area contributed by atoms with Crippen LogP contribution in [-0.4, -0.2) is 28.4 Å². The smallest absolute Gasteiger partial charge is 0.271 e. The molecule has 0 spiro atoms. The van der Waals surface area contributed by atoms with Gasteiger partial charge in [-0.05, 0) is 38.8 Å². The molecule has 0 saturated carbocycles. The Bertz CT molecular complexity index is 578. The molecular weight excluding hydrogens is 270 g/mol. The summed E-state index contributed by atoms with van der Waals surface area (Å²) in [5, 5.41) is 9.68. The second kappa shape index (κ2) is 5.39. The van der Waals surface area contributed by atoms with Gasteiger partial charge >= 0.3 is 0 Å². The third-order valence-corrected chi connectivity index (χ3v) is 4.23. The normalized spacial score (nSPS) is 17.9. The van der Waals surface area contributed by atoms with Crippen molar-refractivity contribution in [3.8, 4) is 11.5 Å². The van der Waals surface area contributed by atoms with Crippen LogP contribution in [0.3, 0.4) is 0 Å². The van der Waals surface area contributed by atoms with Gasteiger partial charge in [0.1, 0.15) is 11.5 Å². The number of carbonyl (C=O) groups excluding carboxylic acids is 2. The minimum absolute atomic E-state index is 0.0337. The van der Waals surface area contributed by atoms with Crippen LogP contribution >= 0.6 is 0 Å². The van der Waals surface area contributed by atoms with Crippen molar-refractivity contribution in [3.05, 3.63) is 18.2 Å². The molecule has 1 atom stereocenters. The van der Waals surface area contributed by atoms with Crippen molar-refractivity contribution in [2.75, 3.05) is 4.90 Å². The van der Waals surface area contributed by atoms with Crippen molar-refractivity contribution in [3.63, 3.8) is 0 Å². The van der Waals surface area contributed by atoms with Gasteiger partial charge < -0.3 is 9.84 Å². The summed E-state index contributed by atoms with van der Waals surface area (Å²) in [4.78, 5) is 26.1. The Morgan fingerprint density at radius 1 is 1.38 bits per heavy atom. The molecule has 1 aliphatic heterocycles. The van der Waals surface area contributed by atoms with Gasteiger partial charge in [-0.1, -0.05) is 13.8 Å². The van der Waals surface area contributed by atoms with Gasteiger partial charge in [-0.15, -0.1) is 0 Å². The molecule has 5 nitrogen and oxygen atoms in total. The first kappa shape index (κ1) is 15.4. The fraction of sp³-hybridized carbons (Fsp3) is 0.500. The zero-order valence-corrected chi connectivity index (χ0v) is 12.8. The number of rotatable bonds is 4. The lowest BCUT2D eigenvalue weighted by molar-refractivity contribution is -0.138. The van der Waals surface area contributed by atoms with E-state index >= 15 is 0 Å². The fourth-order valence-corrected chi connectivity index (χ4v) is 2.63. The van der Waals surface area contributed by atoms with Crippen molar-refractivity contribution in [2.45, 2.75) is 52.2 Å². The zero-order valence-electron chi connectivity index (χ0n) is 12.8. The minimum atomic E-state index is -0.951. The second-order valence-electron chi connectivity index (χ2n) is 5.42. The van der Waals surface area contributed by atoms with E-state index in [1.54, 1.807) is 13.0 Å². The van der Waals surface area contributed by atoms with E-state index in [4.69, 9.17) is 4.74 Å². The Kier molecular flexibility index (Phi) is 3.94. The number of carbonyl (C=O) groups is 2. The van der Waals surface area contributed by atoms with Crippen LogP contribution in [0, 0.1) is 0 Å². The van der Waals surface area contributed by atoms with Gasteiger partial charge in [-0.25, -0.2) is 0 Å². The van der Waals surface area contributed by atoms with Gasteiger partial charge in [0.25, 0.3) is 5.91 Å². The predicted octanol–water partition coefficient (Wildman–Crippen LogP) is 2.65. The average Bonchev–Trinajstić information content (AvgIpc) is 2.46. The molecule has 0 radical (unpaired) electrons. The number of nitrogens with zero attached hydrogens (tertiary/aromatic N) is 1. The standard InChI is InChI=1S/C16H21NO4/c1-5-16(6-2)15(20)17(10(3)11(4)18)13-9-12(19)7-8-14(13)21-16/h7-10,19H,5-6H2,1-4H3. The van der Waals surface area contributed by atoms with E-state index in [-0.39, 0.29) is 17.4 Å². The number of amides is 1. The molecule has 1 amide bonds. The number of ketones is 1. The summed E-state index contributed by atoms with van der Waals surface area (Å²) in [5.74, 6) is 0.213. The molecule has 1 unspecified atom stereocenters. The van der Waals surface area contributed by atoms with Gasteiger partial charge in [-0.3, -0.25) is 14.5 Å². The Morgan fingerprint density at radius 3 is 2.52 bits per heavy atom. The lowest BCUT2D eigenvalue weighted by Gasteiger charge is -2.43. The van der Waals surface area contributed by atoms with Crippen LogP contribution in [0.1, 0.15) is 40.5 Å². The Morgan fingerprint density at radius 2 is 2.00 bits per heavy atom. The lowest BCUT2D eigenvalue weighted by Crippen LogP contribution is -2.59. The van der Waals surface area contributed by atoms with Gasteiger partial charge in [0.05, 0.1) is 11.7 Å². The van der Waals surface area contributed by atoms with E-state index in [0.29, 0.717) is 24.3 Å². The number of phenols is 1. The molecular formula is C16H21NO4. The number of phenolic OH excluding ortho intramolecular Hbond substituents is 1. The molecule has 0 saturated heterocycles. The zero-order chi connectivity index (χ0) is 15.8. The molecule has 1 heterocycles. The predicted molar refractivity (Wildman–Crippen MR) is 79.7 cm³/mol. The van der Waals surface area contributed by atoms with Crippen molar-refractivity contribution in [1.29, 1.82) is 0 Å². The SMILES string of the molecule is CCC1(CC)Oc2ccc(O)cc2N(C(C)C(C)=O)C1=O. The molecule has 0 bridgehead atoms. The minimum Gasteiger partial charge on any atom is -0.508 e. The first-order valence-electron chi connectivity index (χ1n) is 7.22. The summed E-state index contributed by atoms with van der Waals surface area (Å²) >= 11 is 0. The monoisotopic (exact) mass is 291 g/mol. The molecule has 1 aliphatic rings. The third-order valence-electron chi connectivity index (χ3n) is 4.23. The maximum Gasteiger partial charge on any atom is 0.271 e. The van der Waals surface area contributed by atoms with E-state index in [1.807, 2.05) is 13.8 Å².